The highest BCUT2D eigenvalue weighted by atomic mass is 16.6. The molecule has 0 amide bonds. The Hall–Kier alpha value is -4.19. The third-order valence-corrected chi connectivity index (χ3v) is 12.2. The standard InChI is InChI=1S/C66H108O6/c1-4-7-10-13-16-19-22-24-26-28-30-32-33-35-36-38-40-42-44-47-50-53-56-59-65(68)71-62-63(61-70-64(67)58-55-52-49-46-21-18-15-12-9-6-3)72-66(69)60-57-54-51-48-45-43-41-39-37-34-31-29-27-25-23-20-17-14-11-8-5-2/h7,10,12,15-16,19,23-26,29-32,35-36,40,42,47,50,63H,4-6,8-9,11,13-14,17-18,20-22,27-28,33-34,37-39,41,43-46,48-49,51-62H2,1-3H3/b10-7-,15-12-,19-16-,25-23-,26-24-,31-29-,32-30-,36-35-,42-40-,50-47-. The molecule has 6 heteroatoms. The van der Waals surface area contributed by atoms with Crippen LogP contribution in [0.25, 0.3) is 0 Å². The summed E-state index contributed by atoms with van der Waals surface area (Å²) in [5.41, 5.74) is 0. The average molecular weight is 998 g/mol. The molecule has 0 radical (unpaired) electrons. The van der Waals surface area contributed by atoms with Gasteiger partial charge in [-0.15, -0.1) is 0 Å². The van der Waals surface area contributed by atoms with E-state index in [1.165, 1.54) is 96.3 Å². The molecule has 0 bridgehead atoms. The summed E-state index contributed by atoms with van der Waals surface area (Å²) in [6.45, 7) is 6.39. The Balaban J connectivity index is 4.42. The molecule has 1 unspecified atom stereocenters. The number of allylic oxidation sites excluding steroid dienone is 20. The molecule has 0 rings (SSSR count). The highest BCUT2D eigenvalue weighted by molar-refractivity contribution is 5.71. The third kappa shape index (κ3) is 56.7. The molecule has 0 spiro atoms. The third-order valence-electron chi connectivity index (χ3n) is 12.2. The van der Waals surface area contributed by atoms with Crippen LogP contribution in [0.3, 0.4) is 0 Å². The first kappa shape index (κ1) is 67.8. The molecule has 0 aliphatic heterocycles. The molecule has 0 aliphatic carbocycles. The molecule has 0 aromatic heterocycles. The first-order valence-corrected chi connectivity index (χ1v) is 29.5. The minimum absolute atomic E-state index is 0.105. The van der Waals surface area contributed by atoms with Crippen molar-refractivity contribution < 1.29 is 28.6 Å². The van der Waals surface area contributed by atoms with Gasteiger partial charge in [0.05, 0.1) is 0 Å². The van der Waals surface area contributed by atoms with Crippen molar-refractivity contribution in [2.75, 3.05) is 13.2 Å². The molecule has 0 N–H and O–H groups in total. The number of ether oxygens (including phenoxy) is 3. The predicted molar refractivity (Wildman–Crippen MR) is 311 cm³/mol. The van der Waals surface area contributed by atoms with Crippen LogP contribution in [0.5, 0.6) is 0 Å². The Morgan fingerprint density at radius 3 is 0.972 bits per heavy atom. The van der Waals surface area contributed by atoms with Crippen molar-refractivity contribution in [1.29, 1.82) is 0 Å². The van der Waals surface area contributed by atoms with Crippen molar-refractivity contribution in [3.8, 4) is 0 Å². The van der Waals surface area contributed by atoms with Gasteiger partial charge in [-0.25, -0.2) is 0 Å². The van der Waals surface area contributed by atoms with Gasteiger partial charge in [0.15, 0.2) is 6.10 Å². The summed E-state index contributed by atoms with van der Waals surface area (Å²) < 4.78 is 16.8. The van der Waals surface area contributed by atoms with E-state index in [1.807, 2.05) is 0 Å². The lowest BCUT2D eigenvalue weighted by Gasteiger charge is -2.18. The molecule has 0 aromatic rings. The summed E-state index contributed by atoms with van der Waals surface area (Å²) in [5, 5.41) is 0. The lowest BCUT2D eigenvalue weighted by Crippen LogP contribution is -2.30. The second-order valence-electron chi connectivity index (χ2n) is 19.2. The Kier molecular flexibility index (Phi) is 55.9. The van der Waals surface area contributed by atoms with E-state index in [-0.39, 0.29) is 37.5 Å². The quantitative estimate of drug-likeness (QED) is 0.0261. The maximum absolute atomic E-state index is 12.9. The van der Waals surface area contributed by atoms with E-state index in [4.69, 9.17) is 14.2 Å². The number of unbranched alkanes of at least 4 members (excludes halogenated alkanes) is 21. The summed E-state index contributed by atoms with van der Waals surface area (Å²) in [6.07, 6.45) is 82.0. The average Bonchev–Trinajstić information content (AvgIpc) is 3.38. The van der Waals surface area contributed by atoms with Crippen molar-refractivity contribution in [3.05, 3.63) is 122 Å². The van der Waals surface area contributed by atoms with Crippen molar-refractivity contribution in [2.24, 2.45) is 0 Å². The lowest BCUT2D eigenvalue weighted by molar-refractivity contribution is -0.167. The molecular weight excluding hydrogens is 889 g/mol. The van der Waals surface area contributed by atoms with Gasteiger partial charge in [0.1, 0.15) is 13.2 Å². The molecule has 0 heterocycles. The van der Waals surface area contributed by atoms with Crippen molar-refractivity contribution in [1.82, 2.24) is 0 Å². The van der Waals surface area contributed by atoms with Crippen molar-refractivity contribution in [2.45, 2.75) is 264 Å². The van der Waals surface area contributed by atoms with Gasteiger partial charge >= 0.3 is 17.9 Å². The van der Waals surface area contributed by atoms with Gasteiger partial charge < -0.3 is 14.2 Å². The number of hydrogen-bond donors (Lipinski definition) is 0. The van der Waals surface area contributed by atoms with Crippen LogP contribution in [-0.2, 0) is 28.6 Å². The molecule has 6 nitrogen and oxygen atoms in total. The SMILES string of the molecule is CC/C=C\C/C=C\C/C=C\C/C=C\C/C=C\C/C=C\C/C=C\CCCC(=O)OCC(COC(=O)CCCCCCC/C=C\CCC)OC(=O)CCCCCCCCCCC/C=C\C/C=C\CCCCCCC. The van der Waals surface area contributed by atoms with E-state index < -0.39 is 6.10 Å². The zero-order chi connectivity index (χ0) is 52.2. The van der Waals surface area contributed by atoms with Crippen LogP contribution in [0.15, 0.2) is 122 Å². The fourth-order valence-electron chi connectivity index (χ4n) is 7.76. The van der Waals surface area contributed by atoms with Crippen molar-refractivity contribution >= 4 is 17.9 Å². The normalized spacial score (nSPS) is 13.0. The maximum Gasteiger partial charge on any atom is 0.306 e. The van der Waals surface area contributed by atoms with Crippen LogP contribution >= 0.6 is 0 Å². The molecule has 0 saturated heterocycles. The second kappa shape index (κ2) is 59.4. The summed E-state index contributed by atoms with van der Waals surface area (Å²) in [7, 11) is 0. The summed E-state index contributed by atoms with van der Waals surface area (Å²) in [4.78, 5) is 38.1. The van der Waals surface area contributed by atoms with Gasteiger partial charge in [0.25, 0.3) is 0 Å². The van der Waals surface area contributed by atoms with Gasteiger partial charge in [-0.2, -0.15) is 0 Å². The van der Waals surface area contributed by atoms with Crippen LogP contribution in [0.4, 0.5) is 0 Å². The smallest absolute Gasteiger partial charge is 0.306 e. The number of hydrogen-bond acceptors (Lipinski definition) is 6. The summed E-state index contributed by atoms with van der Waals surface area (Å²) in [6, 6.07) is 0. The van der Waals surface area contributed by atoms with E-state index in [2.05, 4.69) is 142 Å². The van der Waals surface area contributed by atoms with Crippen molar-refractivity contribution in [3.63, 3.8) is 0 Å². The fourth-order valence-corrected chi connectivity index (χ4v) is 7.76. The number of rotatable bonds is 52. The van der Waals surface area contributed by atoms with E-state index in [9.17, 15) is 14.4 Å². The number of esters is 3. The predicted octanol–water partition coefficient (Wildman–Crippen LogP) is 20.0. The Labute approximate surface area is 443 Å². The van der Waals surface area contributed by atoms with Crippen LogP contribution in [0, 0.1) is 0 Å². The Morgan fingerprint density at radius 2 is 0.583 bits per heavy atom. The zero-order valence-corrected chi connectivity index (χ0v) is 46.7. The highest BCUT2D eigenvalue weighted by Gasteiger charge is 2.19. The first-order valence-electron chi connectivity index (χ1n) is 29.5. The van der Waals surface area contributed by atoms with Gasteiger partial charge in [-0.05, 0) is 122 Å². The maximum atomic E-state index is 12.9. The largest absolute Gasteiger partial charge is 0.462 e. The van der Waals surface area contributed by atoms with Crippen LogP contribution < -0.4 is 0 Å². The Bertz CT molecular complexity index is 1520. The highest BCUT2D eigenvalue weighted by Crippen LogP contribution is 2.14. The zero-order valence-electron chi connectivity index (χ0n) is 46.7. The first-order chi connectivity index (χ1) is 35.5. The van der Waals surface area contributed by atoms with E-state index in [0.29, 0.717) is 19.3 Å². The van der Waals surface area contributed by atoms with Crippen LogP contribution in [0.1, 0.15) is 258 Å². The minimum atomic E-state index is -0.810. The summed E-state index contributed by atoms with van der Waals surface area (Å²) in [5.74, 6) is -0.983. The fraction of sp³-hybridized carbons (Fsp3) is 0.652. The molecule has 1 atom stereocenters. The number of carbonyl (C=O) groups is 3. The molecule has 408 valence electrons. The molecule has 0 saturated carbocycles. The summed E-state index contributed by atoms with van der Waals surface area (Å²) >= 11 is 0. The van der Waals surface area contributed by atoms with Gasteiger partial charge in [-0.3, -0.25) is 14.4 Å². The van der Waals surface area contributed by atoms with Gasteiger partial charge in [0, 0.05) is 19.3 Å². The monoisotopic (exact) mass is 997 g/mol. The second-order valence-corrected chi connectivity index (χ2v) is 19.2. The van der Waals surface area contributed by atoms with E-state index in [0.717, 1.165) is 116 Å². The van der Waals surface area contributed by atoms with Gasteiger partial charge in [-0.1, -0.05) is 239 Å². The molecule has 0 aromatic carbocycles. The molecule has 72 heavy (non-hydrogen) atoms. The number of carbonyl (C=O) groups excluding carboxylic acids is 3. The Morgan fingerprint density at radius 1 is 0.292 bits per heavy atom. The van der Waals surface area contributed by atoms with E-state index >= 15 is 0 Å². The van der Waals surface area contributed by atoms with E-state index in [1.54, 1.807) is 0 Å². The van der Waals surface area contributed by atoms with Crippen LogP contribution in [-0.4, -0.2) is 37.2 Å². The lowest BCUT2D eigenvalue weighted by atomic mass is 10.1. The minimum Gasteiger partial charge on any atom is -0.462 e. The molecular formula is C66H108O6. The van der Waals surface area contributed by atoms with Gasteiger partial charge in [0.2, 0.25) is 0 Å². The molecule has 0 aliphatic rings. The van der Waals surface area contributed by atoms with Crippen LogP contribution in [0.2, 0.25) is 0 Å². The molecule has 0 fully saturated rings. The topological polar surface area (TPSA) is 78.9 Å².